The predicted molar refractivity (Wildman–Crippen MR) is 91.4 cm³/mol. The highest BCUT2D eigenvalue weighted by atomic mass is 32.2. The van der Waals surface area contributed by atoms with Gasteiger partial charge in [0.1, 0.15) is 4.99 Å². The third kappa shape index (κ3) is 5.73. The zero-order chi connectivity index (χ0) is 15.9. The van der Waals surface area contributed by atoms with Crippen LogP contribution in [-0.4, -0.2) is 43.7 Å². The van der Waals surface area contributed by atoms with E-state index in [4.69, 9.17) is 18.0 Å². The fourth-order valence-electron chi connectivity index (χ4n) is 2.02. The lowest BCUT2D eigenvalue weighted by molar-refractivity contribution is 0.299. The lowest BCUT2D eigenvalue weighted by atomic mass is 10.2. The van der Waals surface area contributed by atoms with Crippen molar-refractivity contribution in [3.63, 3.8) is 0 Å². The second-order valence-electron chi connectivity index (χ2n) is 5.00. The molecule has 1 aromatic carbocycles. The van der Waals surface area contributed by atoms with Crippen LogP contribution in [0.5, 0.6) is 0 Å². The number of rotatable bonds is 9. The highest BCUT2D eigenvalue weighted by molar-refractivity contribution is 7.91. The monoisotopic (exact) mass is 328 g/mol. The van der Waals surface area contributed by atoms with Crippen LogP contribution >= 0.6 is 12.2 Å². The summed E-state index contributed by atoms with van der Waals surface area (Å²) in [4.78, 5) is 2.67. The average molecular weight is 329 g/mol. The van der Waals surface area contributed by atoms with Crippen molar-refractivity contribution in [1.82, 2.24) is 4.90 Å². The zero-order valence-electron chi connectivity index (χ0n) is 12.7. The summed E-state index contributed by atoms with van der Waals surface area (Å²) in [6.07, 6.45) is 2.20. The Morgan fingerprint density at radius 2 is 2.00 bits per heavy atom. The van der Waals surface area contributed by atoms with E-state index in [1.54, 1.807) is 24.3 Å². The molecule has 0 aliphatic carbocycles. The first-order valence-electron chi connectivity index (χ1n) is 7.25. The molecule has 0 unspecified atom stereocenters. The number of sulfone groups is 1. The van der Waals surface area contributed by atoms with Crippen molar-refractivity contribution in [2.24, 2.45) is 5.73 Å². The van der Waals surface area contributed by atoms with Crippen LogP contribution in [0.15, 0.2) is 29.2 Å². The molecule has 0 heterocycles. The summed E-state index contributed by atoms with van der Waals surface area (Å²) in [6, 6.07) is 6.55. The summed E-state index contributed by atoms with van der Waals surface area (Å²) < 4.78 is 24.8. The van der Waals surface area contributed by atoms with Crippen molar-refractivity contribution in [2.75, 3.05) is 25.4 Å². The normalized spacial score (nSPS) is 11.8. The van der Waals surface area contributed by atoms with Crippen molar-refractivity contribution < 1.29 is 8.42 Å². The molecule has 0 atom stereocenters. The quantitative estimate of drug-likeness (QED) is 0.704. The summed E-state index contributed by atoms with van der Waals surface area (Å²) in [7, 11) is -3.30. The summed E-state index contributed by atoms with van der Waals surface area (Å²) in [6.45, 7) is 6.54. The van der Waals surface area contributed by atoms with Crippen LogP contribution in [-0.2, 0) is 9.84 Å². The van der Waals surface area contributed by atoms with Gasteiger partial charge in [-0.1, -0.05) is 44.6 Å². The Hall–Kier alpha value is -0.980. The molecule has 0 aliphatic heterocycles. The van der Waals surface area contributed by atoms with Gasteiger partial charge in [0.25, 0.3) is 0 Å². The van der Waals surface area contributed by atoms with Gasteiger partial charge >= 0.3 is 0 Å². The maximum absolute atomic E-state index is 12.4. The number of unbranched alkanes of at least 4 members (excludes halogenated alkanes) is 1. The van der Waals surface area contributed by atoms with Crippen LogP contribution in [0.2, 0.25) is 0 Å². The minimum atomic E-state index is -3.30. The van der Waals surface area contributed by atoms with E-state index in [0.717, 1.165) is 25.9 Å². The lowest BCUT2D eigenvalue weighted by Gasteiger charge is -2.19. The first kappa shape index (κ1) is 18.1. The van der Waals surface area contributed by atoms with Gasteiger partial charge in [-0.05, 0) is 31.6 Å². The molecule has 0 aromatic heterocycles. The van der Waals surface area contributed by atoms with Gasteiger partial charge in [0.15, 0.2) is 9.84 Å². The highest BCUT2D eigenvalue weighted by Crippen LogP contribution is 2.14. The van der Waals surface area contributed by atoms with E-state index < -0.39 is 9.84 Å². The van der Waals surface area contributed by atoms with Gasteiger partial charge in [-0.3, -0.25) is 0 Å². The molecule has 6 heteroatoms. The summed E-state index contributed by atoms with van der Waals surface area (Å²) >= 11 is 4.89. The van der Waals surface area contributed by atoms with Crippen LogP contribution in [0, 0.1) is 0 Å². The van der Waals surface area contributed by atoms with Crippen molar-refractivity contribution in [3.8, 4) is 0 Å². The molecule has 1 rings (SSSR count). The van der Waals surface area contributed by atoms with E-state index in [9.17, 15) is 8.42 Å². The molecule has 0 saturated carbocycles. The standard InChI is InChI=1S/C15H24N2O2S2/c1-3-5-9-17(4-2)10-11-21(18,19)14-8-6-7-13(12-14)15(16)20/h6-8,12H,3-5,9-11H2,1-2H3,(H2,16,20). The average Bonchev–Trinajstić information content (AvgIpc) is 2.47. The summed E-state index contributed by atoms with van der Waals surface area (Å²) in [5.74, 6) is 0.116. The first-order valence-corrected chi connectivity index (χ1v) is 9.31. The molecule has 2 N–H and O–H groups in total. The molecular formula is C15H24N2O2S2. The fraction of sp³-hybridized carbons (Fsp3) is 0.533. The van der Waals surface area contributed by atoms with E-state index >= 15 is 0 Å². The van der Waals surface area contributed by atoms with Crippen LogP contribution in [0.4, 0.5) is 0 Å². The Bertz CT molecular complexity index is 571. The Morgan fingerprint density at radius 3 is 2.57 bits per heavy atom. The molecule has 0 saturated heterocycles. The van der Waals surface area contributed by atoms with Gasteiger partial charge in [-0.25, -0.2) is 8.42 Å². The summed E-state index contributed by atoms with van der Waals surface area (Å²) in [5.41, 5.74) is 6.14. The van der Waals surface area contributed by atoms with E-state index in [1.165, 1.54) is 0 Å². The molecule has 0 radical (unpaired) electrons. The zero-order valence-corrected chi connectivity index (χ0v) is 14.3. The van der Waals surface area contributed by atoms with Gasteiger partial charge in [0.2, 0.25) is 0 Å². The van der Waals surface area contributed by atoms with E-state index in [-0.39, 0.29) is 10.7 Å². The van der Waals surface area contributed by atoms with E-state index in [1.807, 2.05) is 0 Å². The van der Waals surface area contributed by atoms with Gasteiger partial charge in [0, 0.05) is 12.1 Å². The molecule has 4 nitrogen and oxygen atoms in total. The van der Waals surface area contributed by atoms with Crippen molar-refractivity contribution in [1.29, 1.82) is 0 Å². The van der Waals surface area contributed by atoms with Crippen LogP contribution in [0.3, 0.4) is 0 Å². The first-order chi connectivity index (χ1) is 9.90. The molecule has 21 heavy (non-hydrogen) atoms. The highest BCUT2D eigenvalue weighted by Gasteiger charge is 2.16. The fourth-order valence-corrected chi connectivity index (χ4v) is 3.47. The van der Waals surface area contributed by atoms with Gasteiger partial charge in [-0.2, -0.15) is 0 Å². The molecular weight excluding hydrogens is 304 g/mol. The maximum atomic E-state index is 12.4. The minimum Gasteiger partial charge on any atom is -0.389 e. The molecule has 0 fully saturated rings. The van der Waals surface area contributed by atoms with Gasteiger partial charge < -0.3 is 10.6 Å². The summed E-state index contributed by atoms with van der Waals surface area (Å²) in [5, 5.41) is 0. The van der Waals surface area contributed by atoms with Gasteiger partial charge in [-0.15, -0.1) is 0 Å². The van der Waals surface area contributed by atoms with Crippen LogP contribution in [0.25, 0.3) is 0 Å². The molecule has 0 aliphatic rings. The topological polar surface area (TPSA) is 63.4 Å². The van der Waals surface area contributed by atoms with Crippen LogP contribution < -0.4 is 5.73 Å². The smallest absolute Gasteiger partial charge is 0.179 e. The van der Waals surface area contributed by atoms with Crippen molar-refractivity contribution in [3.05, 3.63) is 29.8 Å². The molecule has 118 valence electrons. The predicted octanol–water partition coefficient (Wildman–Crippen LogP) is 2.22. The molecule has 0 spiro atoms. The Morgan fingerprint density at radius 1 is 1.29 bits per heavy atom. The third-order valence-corrected chi connectivity index (χ3v) is 5.36. The number of hydrogen-bond donors (Lipinski definition) is 1. The number of nitrogens with two attached hydrogens (primary N) is 1. The lowest BCUT2D eigenvalue weighted by Crippen LogP contribution is -2.30. The van der Waals surface area contributed by atoms with E-state index in [2.05, 4.69) is 18.7 Å². The Kier molecular flexibility index (Phi) is 7.28. The molecule has 1 aromatic rings. The number of thiocarbonyl (C=S) groups is 1. The second-order valence-corrected chi connectivity index (χ2v) is 7.55. The Balaban J connectivity index is 2.77. The Labute approximate surface area is 133 Å². The number of hydrogen-bond acceptors (Lipinski definition) is 4. The van der Waals surface area contributed by atoms with Crippen molar-refractivity contribution >= 4 is 27.0 Å². The SMILES string of the molecule is CCCCN(CC)CCS(=O)(=O)c1cccc(C(N)=S)c1. The maximum Gasteiger partial charge on any atom is 0.179 e. The largest absolute Gasteiger partial charge is 0.389 e. The number of nitrogens with zero attached hydrogens (tertiary/aromatic N) is 1. The molecule has 0 amide bonds. The van der Waals surface area contributed by atoms with Gasteiger partial charge in [0.05, 0.1) is 10.6 Å². The number of benzene rings is 1. The van der Waals surface area contributed by atoms with Crippen LogP contribution in [0.1, 0.15) is 32.3 Å². The van der Waals surface area contributed by atoms with Crippen molar-refractivity contribution in [2.45, 2.75) is 31.6 Å². The third-order valence-electron chi connectivity index (χ3n) is 3.43. The van der Waals surface area contributed by atoms with E-state index in [0.29, 0.717) is 17.0 Å². The molecule has 0 bridgehead atoms. The minimum absolute atomic E-state index is 0.116. The second kappa shape index (κ2) is 8.46.